The summed E-state index contributed by atoms with van der Waals surface area (Å²) >= 11 is 5.36. The monoisotopic (exact) mass is 251 g/mol. The average molecular weight is 252 g/mol. The Morgan fingerprint density at radius 1 is 1.60 bits per heavy atom. The number of nitrogens with zero attached hydrogens (tertiary/aromatic N) is 1. The van der Waals surface area contributed by atoms with E-state index >= 15 is 0 Å². The van der Waals surface area contributed by atoms with Crippen molar-refractivity contribution in [2.75, 3.05) is 16.4 Å². The number of halogens is 1. The van der Waals surface area contributed by atoms with Crippen LogP contribution in [0.1, 0.15) is 19.0 Å². The molecule has 1 aromatic rings. The Kier molecular flexibility index (Phi) is 4.41. The number of aromatic nitrogens is 2. The molecule has 86 valence electrons. The van der Waals surface area contributed by atoms with Crippen molar-refractivity contribution in [1.82, 2.24) is 10.2 Å². The van der Waals surface area contributed by atoms with E-state index in [1.54, 1.807) is 6.07 Å². The molecular weight excluding hydrogens is 238 g/mol. The molecule has 0 aliphatic rings. The summed E-state index contributed by atoms with van der Waals surface area (Å²) in [5, 5.41) is 6.61. The van der Waals surface area contributed by atoms with Crippen LogP contribution in [-0.4, -0.2) is 30.2 Å². The Morgan fingerprint density at radius 2 is 2.33 bits per heavy atom. The predicted molar refractivity (Wildman–Crippen MR) is 60.7 cm³/mol. The third-order valence-electron chi connectivity index (χ3n) is 1.76. The number of alkyl halides is 1. The highest BCUT2D eigenvalue weighted by molar-refractivity contribution is 7.92. The molecule has 2 N–H and O–H groups in total. The van der Waals surface area contributed by atoms with Crippen LogP contribution in [0.3, 0.4) is 0 Å². The maximum atomic E-state index is 11.3. The molecule has 0 bridgehead atoms. The number of hydrogen-bond donors (Lipinski definition) is 2. The van der Waals surface area contributed by atoms with E-state index in [4.69, 9.17) is 11.6 Å². The second-order valence-corrected chi connectivity index (χ2v) is 5.36. The number of anilines is 1. The third kappa shape index (κ3) is 4.09. The molecule has 1 heterocycles. The lowest BCUT2D eigenvalue weighted by atomic mass is 10.2. The van der Waals surface area contributed by atoms with Crippen LogP contribution >= 0.6 is 11.6 Å². The van der Waals surface area contributed by atoms with E-state index in [0.717, 1.165) is 18.5 Å². The number of sulfonamides is 1. The second kappa shape index (κ2) is 5.37. The van der Waals surface area contributed by atoms with E-state index in [2.05, 4.69) is 14.9 Å². The van der Waals surface area contributed by atoms with Crippen LogP contribution in [0, 0.1) is 0 Å². The first-order chi connectivity index (χ1) is 7.07. The zero-order chi connectivity index (χ0) is 11.3. The van der Waals surface area contributed by atoms with Crippen LogP contribution in [0.15, 0.2) is 6.07 Å². The Balaban J connectivity index is 2.64. The molecule has 1 rings (SSSR count). The minimum atomic E-state index is -3.35. The highest BCUT2D eigenvalue weighted by Crippen LogP contribution is 2.09. The van der Waals surface area contributed by atoms with Gasteiger partial charge in [-0.05, 0) is 6.42 Å². The largest absolute Gasteiger partial charge is 0.280 e. The van der Waals surface area contributed by atoms with E-state index in [1.807, 2.05) is 6.92 Å². The van der Waals surface area contributed by atoms with Crippen LogP contribution in [0.25, 0.3) is 0 Å². The van der Waals surface area contributed by atoms with E-state index < -0.39 is 10.0 Å². The van der Waals surface area contributed by atoms with Crippen molar-refractivity contribution in [3.8, 4) is 0 Å². The van der Waals surface area contributed by atoms with Crippen LogP contribution in [0.5, 0.6) is 0 Å². The normalized spacial score (nSPS) is 11.6. The molecule has 15 heavy (non-hydrogen) atoms. The highest BCUT2D eigenvalue weighted by Gasteiger charge is 2.11. The summed E-state index contributed by atoms with van der Waals surface area (Å²) < 4.78 is 25.0. The summed E-state index contributed by atoms with van der Waals surface area (Å²) in [5.41, 5.74) is 0.918. The molecule has 0 atom stereocenters. The number of aromatic amines is 1. The van der Waals surface area contributed by atoms with E-state index in [9.17, 15) is 8.42 Å². The summed E-state index contributed by atoms with van der Waals surface area (Å²) in [7, 11) is -3.35. The first kappa shape index (κ1) is 12.3. The predicted octanol–water partition coefficient (Wildman–Crippen LogP) is 1.34. The van der Waals surface area contributed by atoms with Crippen molar-refractivity contribution in [2.45, 2.75) is 19.8 Å². The SMILES string of the molecule is CCCc1cc(NS(=O)(=O)CCCl)n[nH]1. The lowest BCUT2D eigenvalue weighted by molar-refractivity contribution is 0.602. The Hall–Kier alpha value is -0.750. The summed E-state index contributed by atoms with van der Waals surface area (Å²) in [5.74, 6) is 0.287. The van der Waals surface area contributed by atoms with Gasteiger partial charge in [0.2, 0.25) is 10.0 Å². The molecule has 0 aliphatic heterocycles. The maximum absolute atomic E-state index is 11.3. The van der Waals surface area contributed by atoms with Gasteiger partial charge in [-0.2, -0.15) is 5.10 Å². The number of hydrogen-bond acceptors (Lipinski definition) is 3. The second-order valence-electron chi connectivity index (χ2n) is 3.14. The molecule has 0 amide bonds. The van der Waals surface area contributed by atoms with Crippen LogP contribution < -0.4 is 4.72 Å². The van der Waals surface area contributed by atoms with Gasteiger partial charge in [-0.1, -0.05) is 13.3 Å². The Labute approximate surface area is 94.3 Å². The summed E-state index contributed by atoms with van der Waals surface area (Å²) in [6, 6.07) is 1.69. The van der Waals surface area contributed by atoms with Gasteiger partial charge >= 0.3 is 0 Å². The molecule has 7 heteroatoms. The molecule has 0 saturated heterocycles. The molecule has 0 aromatic carbocycles. The van der Waals surface area contributed by atoms with Crippen molar-refractivity contribution >= 4 is 27.4 Å². The molecule has 0 aliphatic carbocycles. The van der Waals surface area contributed by atoms with Gasteiger partial charge in [-0.25, -0.2) is 8.42 Å². The van der Waals surface area contributed by atoms with Crippen molar-refractivity contribution in [3.05, 3.63) is 11.8 Å². The lowest BCUT2D eigenvalue weighted by Crippen LogP contribution is -2.17. The molecular formula is C8H14ClN3O2S. The van der Waals surface area contributed by atoms with Gasteiger partial charge in [0.15, 0.2) is 5.82 Å². The van der Waals surface area contributed by atoms with Crippen molar-refractivity contribution < 1.29 is 8.42 Å². The van der Waals surface area contributed by atoms with Gasteiger partial charge in [0.25, 0.3) is 0 Å². The molecule has 0 fully saturated rings. The number of nitrogens with one attached hydrogen (secondary N) is 2. The maximum Gasteiger partial charge on any atom is 0.235 e. The van der Waals surface area contributed by atoms with Crippen LogP contribution in [-0.2, 0) is 16.4 Å². The Bertz CT molecular complexity index is 402. The first-order valence-electron chi connectivity index (χ1n) is 4.68. The first-order valence-corrected chi connectivity index (χ1v) is 6.87. The van der Waals surface area contributed by atoms with Gasteiger partial charge in [0, 0.05) is 17.6 Å². The summed E-state index contributed by atoms with van der Waals surface area (Å²) in [4.78, 5) is 0. The smallest absolute Gasteiger partial charge is 0.235 e. The summed E-state index contributed by atoms with van der Waals surface area (Å²) in [6.45, 7) is 2.04. The van der Waals surface area contributed by atoms with Crippen molar-refractivity contribution in [1.29, 1.82) is 0 Å². The zero-order valence-electron chi connectivity index (χ0n) is 8.46. The van der Waals surface area contributed by atoms with Crippen molar-refractivity contribution in [2.24, 2.45) is 0 Å². The van der Waals surface area contributed by atoms with E-state index in [0.29, 0.717) is 5.82 Å². The van der Waals surface area contributed by atoms with Crippen LogP contribution in [0.2, 0.25) is 0 Å². The Morgan fingerprint density at radius 3 is 2.93 bits per heavy atom. The fourth-order valence-corrected chi connectivity index (χ4v) is 2.46. The fourth-order valence-electron chi connectivity index (χ4n) is 1.12. The van der Waals surface area contributed by atoms with Crippen LogP contribution in [0.4, 0.5) is 5.82 Å². The molecule has 1 aromatic heterocycles. The zero-order valence-corrected chi connectivity index (χ0v) is 10.0. The van der Waals surface area contributed by atoms with E-state index in [-0.39, 0.29) is 11.6 Å². The standard InChI is InChI=1S/C8H14ClN3O2S/c1-2-3-7-6-8(11-10-7)12-15(13,14)5-4-9/h6H,2-5H2,1H3,(H2,10,11,12). The molecule has 0 saturated carbocycles. The molecule has 5 nitrogen and oxygen atoms in total. The minimum absolute atomic E-state index is 0.0710. The number of H-pyrrole nitrogens is 1. The molecule has 0 radical (unpaired) electrons. The molecule has 0 unspecified atom stereocenters. The van der Waals surface area contributed by atoms with Crippen molar-refractivity contribution in [3.63, 3.8) is 0 Å². The average Bonchev–Trinajstić information content (AvgIpc) is 2.52. The number of rotatable bonds is 6. The fraction of sp³-hybridized carbons (Fsp3) is 0.625. The minimum Gasteiger partial charge on any atom is -0.280 e. The quantitative estimate of drug-likeness (QED) is 0.750. The number of aryl methyl sites for hydroxylation is 1. The van der Waals surface area contributed by atoms with Gasteiger partial charge < -0.3 is 0 Å². The van der Waals surface area contributed by atoms with Gasteiger partial charge in [-0.15, -0.1) is 11.6 Å². The van der Waals surface area contributed by atoms with Gasteiger partial charge in [-0.3, -0.25) is 9.82 Å². The van der Waals surface area contributed by atoms with E-state index in [1.165, 1.54) is 0 Å². The van der Waals surface area contributed by atoms with Gasteiger partial charge in [0.05, 0.1) is 5.75 Å². The topological polar surface area (TPSA) is 74.8 Å². The molecule has 0 spiro atoms. The van der Waals surface area contributed by atoms with Gasteiger partial charge in [0.1, 0.15) is 0 Å². The lowest BCUT2D eigenvalue weighted by Gasteiger charge is -2.01. The third-order valence-corrected chi connectivity index (χ3v) is 3.43. The summed E-state index contributed by atoms with van der Waals surface area (Å²) in [6.07, 6.45) is 1.83. The highest BCUT2D eigenvalue weighted by atomic mass is 35.5.